The number of carbonyl (C=O) groups is 1. The molecule has 6 nitrogen and oxygen atoms in total. The monoisotopic (exact) mass is 398 g/mol. The maximum Gasteiger partial charge on any atom is 0.233 e. The van der Waals surface area contributed by atoms with Gasteiger partial charge in [-0.1, -0.05) is 55.9 Å². The molecule has 0 aliphatic carbocycles. The van der Waals surface area contributed by atoms with E-state index in [1.165, 1.54) is 11.8 Å². The van der Waals surface area contributed by atoms with Crippen molar-refractivity contribution < 1.29 is 9.21 Å². The summed E-state index contributed by atoms with van der Waals surface area (Å²) in [4.78, 5) is 12.4. The minimum atomic E-state index is -0.268. The normalized spacial score (nSPS) is 12.3. The van der Waals surface area contributed by atoms with Crippen LogP contribution < -0.4 is 5.32 Å². The molecule has 28 heavy (non-hydrogen) atoms. The van der Waals surface area contributed by atoms with Crippen molar-refractivity contribution in [2.45, 2.75) is 44.6 Å². The van der Waals surface area contributed by atoms with Gasteiger partial charge in [0, 0.05) is 6.54 Å². The average molecular weight is 399 g/mol. The van der Waals surface area contributed by atoms with Gasteiger partial charge in [0.15, 0.2) is 11.0 Å². The molecular weight excluding hydrogens is 372 g/mol. The van der Waals surface area contributed by atoms with Crippen molar-refractivity contribution in [1.82, 2.24) is 20.1 Å². The Balaban J connectivity index is 1.87. The summed E-state index contributed by atoms with van der Waals surface area (Å²) in [5.74, 6) is 1.96. The van der Waals surface area contributed by atoms with E-state index in [0.717, 1.165) is 22.7 Å². The third-order valence-electron chi connectivity index (χ3n) is 4.34. The van der Waals surface area contributed by atoms with Gasteiger partial charge in [-0.2, -0.15) is 0 Å². The number of carbonyl (C=O) groups excluding carboxylic acids is 1. The van der Waals surface area contributed by atoms with E-state index >= 15 is 0 Å². The number of hydrogen-bond acceptors (Lipinski definition) is 5. The van der Waals surface area contributed by atoms with Gasteiger partial charge in [0.25, 0.3) is 0 Å². The Morgan fingerprint density at radius 2 is 1.93 bits per heavy atom. The van der Waals surface area contributed by atoms with Gasteiger partial charge < -0.3 is 9.73 Å². The van der Waals surface area contributed by atoms with Gasteiger partial charge in [-0.3, -0.25) is 9.36 Å². The molecule has 2 aromatic heterocycles. The second kappa shape index (κ2) is 9.10. The number of nitrogens with one attached hydrogen (secondary N) is 1. The molecule has 7 heteroatoms. The number of aryl methyl sites for hydroxylation is 1. The summed E-state index contributed by atoms with van der Waals surface area (Å²) in [7, 11) is 0. The lowest BCUT2D eigenvalue weighted by molar-refractivity contribution is -0.120. The number of thioether (sulfide) groups is 1. The van der Waals surface area contributed by atoms with E-state index in [1.807, 2.05) is 42.7 Å². The van der Waals surface area contributed by atoms with Gasteiger partial charge in [-0.15, -0.1) is 10.2 Å². The largest absolute Gasteiger partial charge is 0.469 e. The van der Waals surface area contributed by atoms with Crippen molar-refractivity contribution in [2.24, 2.45) is 5.92 Å². The molecule has 1 atom stereocenters. The van der Waals surface area contributed by atoms with Crippen molar-refractivity contribution in [3.63, 3.8) is 0 Å². The Bertz CT molecular complexity index is 918. The number of benzene rings is 1. The van der Waals surface area contributed by atoms with Gasteiger partial charge >= 0.3 is 0 Å². The maximum atomic E-state index is 12.4. The molecule has 1 unspecified atom stereocenters. The number of hydrogen-bond donors (Lipinski definition) is 1. The molecule has 3 rings (SSSR count). The quantitative estimate of drug-likeness (QED) is 0.577. The molecule has 148 valence electrons. The van der Waals surface area contributed by atoms with Crippen LogP contribution in [-0.4, -0.2) is 32.5 Å². The van der Waals surface area contributed by atoms with Crippen molar-refractivity contribution in [1.29, 1.82) is 0 Å². The van der Waals surface area contributed by atoms with Crippen LogP contribution in [0.2, 0.25) is 0 Å². The van der Waals surface area contributed by atoms with Gasteiger partial charge in [-0.25, -0.2) is 0 Å². The first-order chi connectivity index (χ1) is 13.5. The van der Waals surface area contributed by atoms with Gasteiger partial charge in [0.1, 0.15) is 5.76 Å². The molecule has 2 heterocycles. The first-order valence-corrected chi connectivity index (χ1v) is 10.3. The Morgan fingerprint density at radius 1 is 1.18 bits per heavy atom. The molecule has 0 radical (unpaired) electrons. The lowest BCUT2D eigenvalue weighted by Crippen LogP contribution is -2.33. The summed E-state index contributed by atoms with van der Waals surface area (Å²) in [6.07, 6.45) is 1.65. The Hall–Kier alpha value is -2.54. The van der Waals surface area contributed by atoms with Crippen LogP contribution in [0, 0.1) is 12.8 Å². The van der Waals surface area contributed by atoms with Crippen LogP contribution in [-0.2, 0) is 11.3 Å². The highest BCUT2D eigenvalue weighted by molar-refractivity contribution is 8.00. The first kappa shape index (κ1) is 20.2. The van der Waals surface area contributed by atoms with E-state index in [1.54, 1.807) is 6.26 Å². The molecule has 3 aromatic rings. The SMILES string of the molecule is Cc1occc1-c1nnc(SC(C)C(=O)NCC(C)C)n1Cc1ccccc1. The van der Waals surface area contributed by atoms with Crippen molar-refractivity contribution in [3.8, 4) is 11.4 Å². The van der Waals surface area contributed by atoms with Crippen LogP contribution in [0.15, 0.2) is 52.2 Å². The molecule has 1 amide bonds. The molecule has 0 bridgehead atoms. The van der Waals surface area contributed by atoms with Crippen molar-refractivity contribution in [3.05, 3.63) is 54.0 Å². The number of aromatic nitrogens is 3. The summed E-state index contributed by atoms with van der Waals surface area (Å²) in [5.41, 5.74) is 2.05. The highest BCUT2D eigenvalue weighted by Crippen LogP contribution is 2.29. The van der Waals surface area contributed by atoms with Crippen LogP contribution >= 0.6 is 11.8 Å². The van der Waals surface area contributed by atoms with Crippen LogP contribution in [0.3, 0.4) is 0 Å². The third-order valence-corrected chi connectivity index (χ3v) is 5.42. The van der Waals surface area contributed by atoms with Crippen molar-refractivity contribution >= 4 is 17.7 Å². The van der Waals surface area contributed by atoms with E-state index in [0.29, 0.717) is 24.2 Å². The standard InChI is InChI=1S/C21H26N4O2S/c1-14(2)12-22-20(26)16(4)28-21-24-23-19(18-10-11-27-15(18)3)25(21)13-17-8-6-5-7-9-17/h5-11,14,16H,12-13H2,1-4H3,(H,22,26). The second-order valence-electron chi connectivity index (χ2n) is 7.17. The summed E-state index contributed by atoms with van der Waals surface area (Å²) in [6.45, 7) is 9.24. The number of nitrogens with zero attached hydrogens (tertiary/aromatic N) is 3. The molecule has 0 fully saturated rings. The predicted octanol–water partition coefficient (Wildman–Crippen LogP) is 4.15. The van der Waals surface area contributed by atoms with Gasteiger partial charge in [0.05, 0.1) is 23.6 Å². The highest BCUT2D eigenvalue weighted by atomic mass is 32.2. The van der Waals surface area contributed by atoms with Gasteiger partial charge in [0.2, 0.25) is 5.91 Å². The Kier molecular flexibility index (Phi) is 6.57. The van der Waals surface area contributed by atoms with Crippen LogP contribution in [0.4, 0.5) is 0 Å². The molecule has 0 saturated heterocycles. The third kappa shape index (κ3) is 4.84. The Labute approximate surface area is 169 Å². The molecule has 0 saturated carbocycles. The van der Waals surface area contributed by atoms with Crippen LogP contribution in [0.1, 0.15) is 32.1 Å². The fourth-order valence-corrected chi connectivity index (χ4v) is 3.63. The summed E-state index contributed by atoms with van der Waals surface area (Å²) in [5, 5.41) is 12.2. The van der Waals surface area contributed by atoms with E-state index in [-0.39, 0.29) is 11.2 Å². The van der Waals surface area contributed by atoms with E-state index in [9.17, 15) is 4.79 Å². The van der Waals surface area contributed by atoms with E-state index in [4.69, 9.17) is 4.42 Å². The lowest BCUT2D eigenvalue weighted by Gasteiger charge is -2.14. The van der Waals surface area contributed by atoms with Crippen LogP contribution in [0.25, 0.3) is 11.4 Å². The molecule has 1 aromatic carbocycles. The Morgan fingerprint density at radius 3 is 2.57 bits per heavy atom. The molecule has 0 aliphatic rings. The predicted molar refractivity (Wildman–Crippen MR) is 111 cm³/mol. The minimum absolute atomic E-state index is 0.00834. The minimum Gasteiger partial charge on any atom is -0.469 e. The highest BCUT2D eigenvalue weighted by Gasteiger charge is 2.22. The smallest absolute Gasteiger partial charge is 0.233 e. The van der Waals surface area contributed by atoms with Crippen molar-refractivity contribution in [2.75, 3.05) is 6.54 Å². The number of furan rings is 1. The molecular formula is C21H26N4O2S. The average Bonchev–Trinajstić information content (AvgIpc) is 3.26. The number of rotatable bonds is 8. The van der Waals surface area contributed by atoms with E-state index < -0.39 is 0 Å². The summed E-state index contributed by atoms with van der Waals surface area (Å²) in [6, 6.07) is 12.1. The summed E-state index contributed by atoms with van der Waals surface area (Å²) >= 11 is 1.42. The van der Waals surface area contributed by atoms with Gasteiger partial charge in [-0.05, 0) is 31.4 Å². The zero-order chi connectivity index (χ0) is 20.1. The van der Waals surface area contributed by atoms with E-state index in [2.05, 4.69) is 41.5 Å². The fourth-order valence-electron chi connectivity index (χ4n) is 2.76. The molecule has 1 N–H and O–H groups in total. The van der Waals surface area contributed by atoms with Crippen LogP contribution in [0.5, 0.6) is 0 Å². The molecule has 0 spiro atoms. The lowest BCUT2D eigenvalue weighted by atomic mass is 10.2. The second-order valence-corrected chi connectivity index (χ2v) is 8.48. The maximum absolute atomic E-state index is 12.4. The number of amides is 1. The zero-order valence-corrected chi connectivity index (χ0v) is 17.5. The topological polar surface area (TPSA) is 72.9 Å². The fraction of sp³-hybridized carbons (Fsp3) is 0.381. The summed E-state index contributed by atoms with van der Waals surface area (Å²) < 4.78 is 7.50. The first-order valence-electron chi connectivity index (χ1n) is 9.41. The molecule has 0 aliphatic heterocycles. The zero-order valence-electron chi connectivity index (χ0n) is 16.7.